The van der Waals surface area contributed by atoms with E-state index < -0.39 is 0 Å². The van der Waals surface area contributed by atoms with Gasteiger partial charge in [0.15, 0.2) is 0 Å². The first-order valence-electron chi connectivity index (χ1n) is 13.6. The van der Waals surface area contributed by atoms with Crippen LogP contribution in [0.4, 0.5) is 0 Å². The standard InChI is InChI=1S/C29H47IOS/c1-7-21(19(2)3)9-8-20(4)25-12-13-26-24-11-10-22-18-23(31-32-30)14-16-28(22,5)27(24)15-17-29(25,26)6/h8-10,19-21,23-27H,7,11-18H2,1-6H3/b9-8+. The van der Waals surface area contributed by atoms with Crippen LogP contribution in [0.25, 0.3) is 0 Å². The maximum atomic E-state index is 5.96. The van der Waals surface area contributed by atoms with E-state index in [-0.39, 0.29) is 0 Å². The predicted octanol–water partition coefficient (Wildman–Crippen LogP) is 9.82. The van der Waals surface area contributed by atoms with E-state index in [1.165, 1.54) is 67.0 Å². The third-order valence-electron chi connectivity index (χ3n) is 10.9. The molecule has 0 spiro atoms. The first-order chi connectivity index (χ1) is 15.2. The zero-order valence-corrected chi connectivity index (χ0v) is 24.4. The number of allylic oxidation sites excluding steroid dienone is 3. The van der Waals surface area contributed by atoms with Crippen molar-refractivity contribution in [1.29, 1.82) is 0 Å². The maximum Gasteiger partial charge on any atom is 0.0769 e. The third-order valence-corrected chi connectivity index (χ3v) is 11.9. The van der Waals surface area contributed by atoms with Crippen molar-refractivity contribution >= 4 is 30.4 Å². The van der Waals surface area contributed by atoms with Gasteiger partial charge in [0, 0.05) is 21.2 Å². The average molecular weight is 571 g/mol. The summed E-state index contributed by atoms with van der Waals surface area (Å²) in [4.78, 5) is 0. The van der Waals surface area contributed by atoms with Gasteiger partial charge >= 0.3 is 0 Å². The predicted molar refractivity (Wildman–Crippen MR) is 149 cm³/mol. The van der Waals surface area contributed by atoms with Crippen molar-refractivity contribution < 1.29 is 4.18 Å². The molecule has 0 aliphatic heterocycles. The molecule has 32 heavy (non-hydrogen) atoms. The molecule has 4 aliphatic rings. The lowest BCUT2D eigenvalue weighted by molar-refractivity contribution is -0.0517. The quantitative estimate of drug-likeness (QED) is 0.171. The van der Waals surface area contributed by atoms with E-state index in [9.17, 15) is 0 Å². The fourth-order valence-corrected chi connectivity index (χ4v) is 10.1. The molecule has 0 N–H and O–H groups in total. The fourth-order valence-electron chi connectivity index (χ4n) is 8.95. The van der Waals surface area contributed by atoms with Gasteiger partial charge in [-0.15, -0.1) is 0 Å². The van der Waals surface area contributed by atoms with E-state index >= 15 is 0 Å². The molecule has 4 aliphatic carbocycles. The zero-order valence-electron chi connectivity index (χ0n) is 21.4. The first kappa shape index (κ1) is 25.6. The molecule has 9 atom stereocenters. The van der Waals surface area contributed by atoms with Crippen LogP contribution in [0.3, 0.4) is 0 Å². The molecule has 4 rings (SSSR count). The van der Waals surface area contributed by atoms with E-state index in [1.54, 1.807) is 5.57 Å². The highest BCUT2D eigenvalue weighted by Crippen LogP contribution is 2.67. The van der Waals surface area contributed by atoms with Gasteiger partial charge in [0.05, 0.1) is 15.3 Å². The van der Waals surface area contributed by atoms with E-state index in [0.717, 1.165) is 41.4 Å². The highest BCUT2D eigenvalue weighted by molar-refractivity contribution is 14.2. The Morgan fingerprint density at radius 2 is 1.88 bits per heavy atom. The molecular formula is C29H47IOS. The summed E-state index contributed by atoms with van der Waals surface area (Å²) >= 11 is 2.28. The SMILES string of the molecule is CCC(/C=C/C(C)C1CCC2C3CC=C4CC(OSI)CCC4(C)C3CCC12C)C(C)C. The molecule has 0 amide bonds. The minimum atomic E-state index is 0.433. The Kier molecular flexibility index (Phi) is 8.20. The number of hydrogen-bond donors (Lipinski definition) is 0. The van der Waals surface area contributed by atoms with Crippen LogP contribution in [0, 0.1) is 52.3 Å². The van der Waals surface area contributed by atoms with E-state index in [1.807, 2.05) is 0 Å². The van der Waals surface area contributed by atoms with Crippen LogP contribution >= 0.6 is 30.4 Å². The number of rotatable bonds is 7. The van der Waals surface area contributed by atoms with Gasteiger partial charge in [-0.05, 0) is 110 Å². The lowest BCUT2D eigenvalue weighted by Crippen LogP contribution is -2.50. The van der Waals surface area contributed by atoms with Crippen LogP contribution in [-0.4, -0.2) is 6.10 Å². The largest absolute Gasteiger partial charge is 0.302 e. The van der Waals surface area contributed by atoms with Crippen LogP contribution in [-0.2, 0) is 4.18 Å². The molecule has 0 heterocycles. The minimum absolute atomic E-state index is 0.433. The molecule has 0 aromatic carbocycles. The van der Waals surface area contributed by atoms with Gasteiger partial charge in [-0.25, -0.2) is 0 Å². The van der Waals surface area contributed by atoms with E-state index in [4.69, 9.17) is 4.18 Å². The summed E-state index contributed by atoms with van der Waals surface area (Å²) < 4.78 is 5.96. The Hall–Kier alpha value is 0.520. The first-order valence-corrected chi connectivity index (χ1v) is 16.8. The van der Waals surface area contributed by atoms with Gasteiger partial charge < -0.3 is 4.18 Å². The molecule has 0 bridgehead atoms. The summed E-state index contributed by atoms with van der Waals surface area (Å²) in [6.07, 6.45) is 20.5. The lowest BCUT2D eigenvalue weighted by Gasteiger charge is -2.58. The molecule has 0 aromatic rings. The summed E-state index contributed by atoms with van der Waals surface area (Å²) in [7, 11) is 1.53. The van der Waals surface area contributed by atoms with Crippen molar-refractivity contribution in [2.24, 2.45) is 52.3 Å². The minimum Gasteiger partial charge on any atom is -0.302 e. The van der Waals surface area contributed by atoms with Crippen molar-refractivity contribution in [3.8, 4) is 0 Å². The molecule has 0 radical (unpaired) electrons. The molecule has 3 fully saturated rings. The molecule has 0 aromatic heterocycles. The highest BCUT2D eigenvalue weighted by Gasteiger charge is 2.59. The Morgan fingerprint density at radius 1 is 1.09 bits per heavy atom. The zero-order chi connectivity index (χ0) is 23.1. The van der Waals surface area contributed by atoms with E-state index in [2.05, 4.69) is 81.0 Å². The van der Waals surface area contributed by atoms with Gasteiger partial charge in [-0.1, -0.05) is 65.3 Å². The lowest BCUT2D eigenvalue weighted by atomic mass is 9.47. The summed E-state index contributed by atoms with van der Waals surface area (Å²) in [5.74, 6) is 5.84. The highest BCUT2D eigenvalue weighted by atomic mass is 127. The second kappa shape index (κ2) is 10.2. The van der Waals surface area contributed by atoms with Crippen molar-refractivity contribution in [2.45, 2.75) is 105 Å². The van der Waals surface area contributed by atoms with Gasteiger partial charge in [-0.3, -0.25) is 0 Å². The second-order valence-electron chi connectivity index (χ2n) is 12.6. The fraction of sp³-hybridized carbons (Fsp3) is 0.862. The van der Waals surface area contributed by atoms with Gasteiger partial charge in [0.1, 0.15) is 0 Å². The summed E-state index contributed by atoms with van der Waals surface area (Å²) in [6.45, 7) is 15.0. The van der Waals surface area contributed by atoms with Gasteiger partial charge in [0.25, 0.3) is 0 Å². The summed E-state index contributed by atoms with van der Waals surface area (Å²) in [5, 5.41) is 0. The number of halogens is 1. The molecule has 182 valence electrons. The van der Waals surface area contributed by atoms with Gasteiger partial charge in [-0.2, -0.15) is 0 Å². The third kappa shape index (κ3) is 4.54. The van der Waals surface area contributed by atoms with Crippen LogP contribution < -0.4 is 0 Å². The normalized spacial score (nSPS) is 43.5. The Bertz CT molecular complexity index is 716. The Labute approximate surface area is 215 Å². The monoisotopic (exact) mass is 570 g/mol. The molecule has 0 saturated heterocycles. The van der Waals surface area contributed by atoms with Crippen molar-refractivity contribution in [2.75, 3.05) is 0 Å². The second-order valence-corrected chi connectivity index (χ2v) is 14.0. The molecule has 1 nitrogen and oxygen atoms in total. The number of fused-ring (bicyclic) bond motifs is 5. The summed E-state index contributed by atoms with van der Waals surface area (Å²) in [5.41, 5.74) is 2.73. The Morgan fingerprint density at radius 3 is 2.56 bits per heavy atom. The van der Waals surface area contributed by atoms with Crippen molar-refractivity contribution in [1.82, 2.24) is 0 Å². The topological polar surface area (TPSA) is 9.23 Å². The summed E-state index contributed by atoms with van der Waals surface area (Å²) in [6, 6.07) is 0. The van der Waals surface area contributed by atoms with Crippen LogP contribution in [0.2, 0.25) is 0 Å². The molecule has 3 heteroatoms. The molecule has 3 saturated carbocycles. The van der Waals surface area contributed by atoms with Crippen LogP contribution in [0.1, 0.15) is 99.3 Å². The van der Waals surface area contributed by atoms with Crippen LogP contribution in [0.5, 0.6) is 0 Å². The number of hydrogen-bond acceptors (Lipinski definition) is 2. The van der Waals surface area contributed by atoms with Crippen molar-refractivity contribution in [3.63, 3.8) is 0 Å². The maximum absolute atomic E-state index is 5.96. The molecular weight excluding hydrogens is 523 g/mol. The Balaban J connectivity index is 1.50. The van der Waals surface area contributed by atoms with Gasteiger partial charge in [0.2, 0.25) is 0 Å². The molecule has 9 unspecified atom stereocenters. The smallest absolute Gasteiger partial charge is 0.0769 e. The van der Waals surface area contributed by atoms with Crippen molar-refractivity contribution in [3.05, 3.63) is 23.8 Å². The van der Waals surface area contributed by atoms with Crippen LogP contribution in [0.15, 0.2) is 23.8 Å². The average Bonchev–Trinajstić information content (AvgIpc) is 3.11. The van der Waals surface area contributed by atoms with E-state index in [0.29, 0.717) is 16.9 Å².